The maximum absolute atomic E-state index is 10.4. The molecule has 1 rings (SSSR count). The Labute approximate surface area is 119 Å². The summed E-state index contributed by atoms with van der Waals surface area (Å²) in [5.74, 6) is -0.946. The van der Waals surface area contributed by atoms with E-state index in [4.69, 9.17) is 14.9 Å². The van der Waals surface area contributed by atoms with E-state index in [-0.39, 0.29) is 6.61 Å². The minimum absolute atomic E-state index is 0.267. The second kappa shape index (κ2) is 10.2. The van der Waals surface area contributed by atoms with Crippen molar-refractivity contribution in [1.29, 1.82) is 0 Å². The molecule has 0 fully saturated rings. The van der Waals surface area contributed by atoms with Crippen LogP contribution in [0.5, 0.6) is 0 Å². The number of ether oxygens (including phenoxy) is 1. The lowest BCUT2D eigenvalue weighted by atomic mass is 10.1. The summed E-state index contributed by atoms with van der Waals surface area (Å²) in [6.45, 7) is 1.57. The fourth-order valence-electron chi connectivity index (χ4n) is 1.75. The number of unbranched alkanes of at least 4 members (excludes halogenated alkanes) is 3. The van der Waals surface area contributed by atoms with E-state index in [0.29, 0.717) is 6.61 Å². The third kappa shape index (κ3) is 7.71. The fraction of sp³-hybridized carbons (Fsp3) is 0.438. The SMILES string of the molecule is O=C(O)/C=C/c1ccc(COCCCCCCO)cc1. The molecule has 0 aliphatic heterocycles. The average molecular weight is 278 g/mol. The van der Waals surface area contributed by atoms with Crippen molar-refractivity contribution in [3.05, 3.63) is 41.5 Å². The molecule has 0 heterocycles. The summed E-state index contributed by atoms with van der Waals surface area (Å²) < 4.78 is 5.56. The van der Waals surface area contributed by atoms with Crippen molar-refractivity contribution in [2.75, 3.05) is 13.2 Å². The summed E-state index contributed by atoms with van der Waals surface area (Å²) in [6, 6.07) is 7.62. The predicted octanol–water partition coefficient (Wildman–Crippen LogP) is 2.85. The van der Waals surface area contributed by atoms with Crippen LogP contribution in [0.3, 0.4) is 0 Å². The van der Waals surface area contributed by atoms with Crippen molar-refractivity contribution in [3.8, 4) is 0 Å². The van der Waals surface area contributed by atoms with E-state index in [1.807, 2.05) is 24.3 Å². The molecule has 0 spiro atoms. The van der Waals surface area contributed by atoms with E-state index >= 15 is 0 Å². The number of aliphatic carboxylic acids is 1. The highest BCUT2D eigenvalue weighted by Gasteiger charge is 1.95. The molecule has 0 saturated carbocycles. The molecule has 0 saturated heterocycles. The number of hydrogen-bond acceptors (Lipinski definition) is 3. The van der Waals surface area contributed by atoms with Gasteiger partial charge >= 0.3 is 5.97 Å². The molecule has 20 heavy (non-hydrogen) atoms. The lowest BCUT2D eigenvalue weighted by Crippen LogP contribution is -1.96. The third-order valence-electron chi connectivity index (χ3n) is 2.86. The maximum Gasteiger partial charge on any atom is 0.328 e. The molecule has 4 nitrogen and oxygen atoms in total. The zero-order chi connectivity index (χ0) is 14.6. The fourth-order valence-corrected chi connectivity index (χ4v) is 1.75. The van der Waals surface area contributed by atoms with Gasteiger partial charge in [-0.2, -0.15) is 0 Å². The molecule has 0 aliphatic rings. The minimum atomic E-state index is -0.946. The van der Waals surface area contributed by atoms with Gasteiger partial charge < -0.3 is 14.9 Å². The van der Waals surface area contributed by atoms with E-state index < -0.39 is 5.97 Å². The topological polar surface area (TPSA) is 66.8 Å². The van der Waals surface area contributed by atoms with Crippen LogP contribution in [0.15, 0.2) is 30.3 Å². The van der Waals surface area contributed by atoms with E-state index in [0.717, 1.165) is 49.5 Å². The van der Waals surface area contributed by atoms with Crippen LogP contribution in [0.2, 0.25) is 0 Å². The summed E-state index contributed by atoms with van der Waals surface area (Å²) in [4.78, 5) is 10.4. The van der Waals surface area contributed by atoms with Gasteiger partial charge in [-0.05, 0) is 30.0 Å². The number of aliphatic hydroxyl groups excluding tert-OH is 1. The molecule has 0 aromatic heterocycles. The summed E-state index contributed by atoms with van der Waals surface area (Å²) in [5.41, 5.74) is 1.94. The third-order valence-corrected chi connectivity index (χ3v) is 2.86. The lowest BCUT2D eigenvalue weighted by Gasteiger charge is -2.05. The number of rotatable bonds is 10. The molecular formula is C16H22O4. The molecule has 0 aliphatic carbocycles. The number of carboxylic acids is 1. The van der Waals surface area contributed by atoms with Crippen LogP contribution in [0, 0.1) is 0 Å². The predicted molar refractivity (Wildman–Crippen MR) is 78.3 cm³/mol. The smallest absolute Gasteiger partial charge is 0.328 e. The van der Waals surface area contributed by atoms with Gasteiger partial charge in [-0.15, -0.1) is 0 Å². The van der Waals surface area contributed by atoms with Crippen LogP contribution in [0.1, 0.15) is 36.8 Å². The molecular weight excluding hydrogens is 256 g/mol. The Morgan fingerprint density at radius 3 is 2.45 bits per heavy atom. The first-order valence-electron chi connectivity index (χ1n) is 6.91. The van der Waals surface area contributed by atoms with Crippen LogP contribution in [-0.4, -0.2) is 29.4 Å². The standard InChI is InChI=1S/C16H22O4/c17-11-3-1-2-4-12-20-13-15-7-5-14(6-8-15)9-10-16(18)19/h5-10,17H,1-4,11-13H2,(H,18,19)/b10-9+. The van der Waals surface area contributed by atoms with E-state index in [2.05, 4.69) is 0 Å². The van der Waals surface area contributed by atoms with Crippen LogP contribution >= 0.6 is 0 Å². The van der Waals surface area contributed by atoms with Crippen molar-refractivity contribution in [2.45, 2.75) is 32.3 Å². The first kappa shape index (κ1) is 16.4. The summed E-state index contributed by atoms with van der Waals surface area (Å²) in [5, 5.41) is 17.2. The lowest BCUT2D eigenvalue weighted by molar-refractivity contribution is -0.131. The van der Waals surface area contributed by atoms with Gasteiger partial charge in [0.05, 0.1) is 6.61 Å². The van der Waals surface area contributed by atoms with Crippen molar-refractivity contribution in [3.63, 3.8) is 0 Å². The van der Waals surface area contributed by atoms with Gasteiger partial charge in [-0.1, -0.05) is 37.1 Å². The highest BCUT2D eigenvalue weighted by molar-refractivity contribution is 5.85. The molecule has 0 amide bonds. The molecule has 4 heteroatoms. The first-order valence-corrected chi connectivity index (χ1v) is 6.91. The zero-order valence-corrected chi connectivity index (χ0v) is 11.6. The van der Waals surface area contributed by atoms with Gasteiger partial charge in [-0.3, -0.25) is 0 Å². The van der Waals surface area contributed by atoms with Gasteiger partial charge in [-0.25, -0.2) is 4.79 Å². The Kier molecular flexibility index (Phi) is 8.35. The molecule has 0 unspecified atom stereocenters. The number of hydrogen-bond donors (Lipinski definition) is 2. The molecule has 1 aromatic rings. The van der Waals surface area contributed by atoms with Crippen LogP contribution in [0.25, 0.3) is 6.08 Å². The van der Waals surface area contributed by atoms with E-state index in [1.54, 1.807) is 6.08 Å². The zero-order valence-electron chi connectivity index (χ0n) is 11.6. The molecule has 0 radical (unpaired) electrons. The van der Waals surface area contributed by atoms with Crippen LogP contribution in [0.4, 0.5) is 0 Å². The van der Waals surface area contributed by atoms with E-state index in [9.17, 15) is 4.79 Å². The Morgan fingerprint density at radius 1 is 1.10 bits per heavy atom. The quantitative estimate of drug-likeness (QED) is 0.510. The molecule has 0 atom stereocenters. The Morgan fingerprint density at radius 2 is 1.80 bits per heavy atom. The maximum atomic E-state index is 10.4. The van der Waals surface area contributed by atoms with Crippen LogP contribution < -0.4 is 0 Å². The summed E-state index contributed by atoms with van der Waals surface area (Å²) in [7, 11) is 0. The minimum Gasteiger partial charge on any atom is -0.478 e. The number of carbonyl (C=O) groups is 1. The van der Waals surface area contributed by atoms with Crippen LogP contribution in [-0.2, 0) is 16.1 Å². The number of benzene rings is 1. The van der Waals surface area contributed by atoms with Gasteiger partial charge in [0.1, 0.15) is 0 Å². The normalized spacial score (nSPS) is 11.1. The number of carboxylic acid groups (broad SMARTS) is 1. The molecule has 1 aromatic carbocycles. The highest BCUT2D eigenvalue weighted by atomic mass is 16.5. The summed E-state index contributed by atoms with van der Waals surface area (Å²) >= 11 is 0. The largest absolute Gasteiger partial charge is 0.478 e. The first-order chi connectivity index (χ1) is 9.72. The van der Waals surface area contributed by atoms with Crippen molar-refractivity contribution >= 4 is 12.0 Å². The molecule has 2 N–H and O–H groups in total. The monoisotopic (exact) mass is 278 g/mol. The van der Waals surface area contributed by atoms with Gasteiger partial charge in [0.25, 0.3) is 0 Å². The Balaban J connectivity index is 2.20. The second-order valence-corrected chi connectivity index (χ2v) is 4.60. The van der Waals surface area contributed by atoms with E-state index in [1.165, 1.54) is 0 Å². The van der Waals surface area contributed by atoms with Gasteiger partial charge in [0, 0.05) is 19.3 Å². The number of aliphatic hydroxyl groups is 1. The summed E-state index contributed by atoms with van der Waals surface area (Å²) in [6.07, 6.45) is 6.70. The Hall–Kier alpha value is -1.65. The Bertz CT molecular complexity index is 409. The molecule has 110 valence electrons. The van der Waals surface area contributed by atoms with Crippen molar-refractivity contribution < 1.29 is 19.7 Å². The second-order valence-electron chi connectivity index (χ2n) is 4.60. The van der Waals surface area contributed by atoms with Crippen molar-refractivity contribution in [2.24, 2.45) is 0 Å². The highest BCUT2D eigenvalue weighted by Crippen LogP contribution is 2.08. The van der Waals surface area contributed by atoms with Gasteiger partial charge in [0.15, 0.2) is 0 Å². The van der Waals surface area contributed by atoms with Gasteiger partial charge in [0.2, 0.25) is 0 Å². The average Bonchev–Trinajstić information content (AvgIpc) is 2.45. The van der Waals surface area contributed by atoms with Crippen molar-refractivity contribution in [1.82, 2.24) is 0 Å². The molecule has 0 bridgehead atoms.